The number of nitrogens with one attached hydrogen (secondary N) is 1. The van der Waals surface area contributed by atoms with E-state index in [-0.39, 0.29) is 12.3 Å². The van der Waals surface area contributed by atoms with Crippen molar-refractivity contribution < 1.29 is 4.79 Å². The first-order valence-corrected chi connectivity index (χ1v) is 8.16. The number of carbonyl (C=O) groups is 1. The molecule has 0 saturated carbocycles. The number of rotatable bonds is 5. The summed E-state index contributed by atoms with van der Waals surface area (Å²) >= 11 is 6.41. The fourth-order valence-corrected chi connectivity index (χ4v) is 2.77. The predicted molar refractivity (Wildman–Crippen MR) is 98.2 cm³/mol. The molecule has 0 radical (unpaired) electrons. The minimum Gasteiger partial charge on any atom is -0.354 e. The minimum atomic E-state index is -0.192. The van der Waals surface area contributed by atoms with Crippen LogP contribution in [0.3, 0.4) is 0 Å². The van der Waals surface area contributed by atoms with Crippen molar-refractivity contribution in [3.8, 4) is 5.69 Å². The number of hydrazone groups is 1. The van der Waals surface area contributed by atoms with E-state index in [0.717, 1.165) is 17.1 Å². The molecule has 3 aromatic rings. The Morgan fingerprint density at radius 1 is 1.28 bits per heavy atom. The molecule has 0 atom stereocenters. The maximum atomic E-state index is 12.0. The average Bonchev–Trinajstić information content (AvgIpc) is 3.13. The number of para-hydroxylation sites is 1. The zero-order valence-electron chi connectivity index (χ0n) is 14.0. The maximum Gasteiger partial charge on any atom is 0.245 e. The molecule has 1 aromatic carbocycles. The van der Waals surface area contributed by atoms with Gasteiger partial charge in [-0.2, -0.15) is 10.2 Å². The lowest BCUT2D eigenvalue weighted by molar-refractivity contribution is -0.120. The molecule has 0 bridgehead atoms. The van der Waals surface area contributed by atoms with Crippen LogP contribution in [0.5, 0.6) is 0 Å². The molecule has 1 N–H and O–H groups in total. The third-order valence-corrected chi connectivity index (χ3v) is 4.19. The molecular weight excluding hydrogens is 338 g/mol. The highest BCUT2D eigenvalue weighted by Gasteiger charge is 2.13. The normalized spacial score (nSPS) is 11.2. The monoisotopic (exact) mass is 355 g/mol. The molecule has 128 valence electrons. The fourth-order valence-electron chi connectivity index (χ4n) is 2.45. The molecule has 25 heavy (non-hydrogen) atoms. The highest BCUT2D eigenvalue weighted by atomic mass is 35.5. The first kappa shape index (κ1) is 17.0. The van der Waals surface area contributed by atoms with Crippen LogP contribution in [0.4, 0.5) is 0 Å². The van der Waals surface area contributed by atoms with Gasteiger partial charge in [-0.15, -0.1) is 0 Å². The summed E-state index contributed by atoms with van der Waals surface area (Å²) in [6.07, 6.45) is 3.68. The minimum absolute atomic E-state index is 0.192. The van der Waals surface area contributed by atoms with Crippen molar-refractivity contribution in [2.24, 2.45) is 12.1 Å². The second-order valence-corrected chi connectivity index (χ2v) is 5.98. The Morgan fingerprint density at radius 2 is 2.04 bits per heavy atom. The van der Waals surface area contributed by atoms with Crippen LogP contribution in [-0.2, 0) is 18.3 Å². The van der Waals surface area contributed by atoms with Crippen molar-refractivity contribution in [1.29, 1.82) is 0 Å². The molecule has 2 heterocycles. The molecule has 3 rings (SSSR count). The lowest BCUT2D eigenvalue weighted by Gasteiger charge is -2.02. The van der Waals surface area contributed by atoms with Crippen molar-refractivity contribution in [3.05, 3.63) is 70.8 Å². The molecule has 0 aliphatic rings. The number of aromatic nitrogens is 3. The number of hydrogen-bond donors (Lipinski definition) is 1. The Kier molecular flexibility index (Phi) is 5.00. The smallest absolute Gasteiger partial charge is 0.245 e. The maximum absolute atomic E-state index is 12.0. The summed E-state index contributed by atoms with van der Waals surface area (Å²) in [5.41, 5.74) is 5.70. The van der Waals surface area contributed by atoms with Crippen LogP contribution < -0.4 is 5.43 Å². The van der Waals surface area contributed by atoms with Gasteiger partial charge < -0.3 is 4.57 Å². The van der Waals surface area contributed by atoms with Crippen molar-refractivity contribution in [3.63, 3.8) is 0 Å². The quantitative estimate of drug-likeness (QED) is 0.565. The van der Waals surface area contributed by atoms with Gasteiger partial charge in [0.25, 0.3) is 0 Å². The molecule has 0 saturated heterocycles. The van der Waals surface area contributed by atoms with Crippen molar-refractivity contribution >= 4 is 23.7 Å². The number of halogens is 1. The number of hydrogen-bond acceptors (Lipinski definition) is 3. The first-order chi connectivity index (χ1) is 12.1. The van der Waals surface area contributed by atoms with Crippen molar-refractivity contribution in [1.82, 2.24) is 19.8 Å². The highest BCUT2D eigenvalue weighted by molar-refractivity contribution is 6.32. The number of benzene rings is 1. The lowest BCUT2D eigenvalue weighted by atomic mass is 10.3. The van der Waals surface area contributed by atoms with E-state index in [1.165, 1.54) is 6.21 Å². The number of aryl methyl sites for hydroxylation is 2. The van der Waals surface area contributed by atoms with Crippen LogP contribution >= 0.6 is 11.6 Å². The molecule has 6 nitrogen and oxygen atoms in total. The zero-order valence-corrected chi connectivity index (χ0v) is 14.7. The second kappa shape index (κ2) is 7.36. The van der Waals surface area contributed by atoms with Crippen LogP contribution in [-0.4, -0.2) is 26.5 Å². The molecule has 0 aliphatic heterocycles. The molecule has 7 heteroatoms. The first-order valence-electron chi connectivity index (χ1n) is 7.79. The summed E-state index contributed by atoms with van der Waals surface area (Å²) in [7, 11) is 1.90. The topological polar surface area (TPSA) is 64.2 Å². The van der Waals surface area contributed by atoms with E-state index < -0.39 is 0 Å². The van der Waals surface area contributed by atoms with Gasteiger partial charge in [-0.3, -0.25) is 4.79 Å². The van der Waals surface area contributed by atoms with E-state index in [9.17, 15) is 4.79 Å². The average molecular weight is 356 g/mol. The van der Waals surface area contributed by atoms with E-state index in [2.05, 4.69) is 15.6 Å². The number of nitrogens with zero attached hydrogens (tertiary/aromatic N) is 4. The van der Waals surface area contributed by atoms with Crippen LogP contribution in [0.25, 0.3) is 5.69 Å². The molecule has 2 aromatic heterocycles. The van der Waals surface area contributed by atoms with Crippen molar-refractivity contribution in [2.75, 3.05) is 0 Å². The zero-order chi connectivity index (χ0) is 17.8. The summed E-state index contributed by atoms with van der Waals surface area (Å²) in [4.78, 5) is 12.0. The highest BCUT2D eigenvalue weighted by Crippen LogP contribution is 2.21. The van der Waals surface area contributed by atoms with Crippen molar-refractivity contribution in [2.45, 2.75) is 13.3 Å². The van der Waals surface area contributed by atoms with Gasteiger partial charge in [0.2, 0.25) is 5.91 Å². The fraction of sp³-hybridized carbons (Fsp3) is 0.167. The summed E-state index contributed by atoms with van der Waals surface area (Å²) in [6.45, 7) is 1.85. The van der Waals surface area contributed by atoms with Crippen LogP contribution in [0.1, 0.15) is 17.0 Å². The lowest BCUT2D eigenvalue weighted by Crippen LogP contribution is -2.20. The molecule has 0 unspecified atom stereocenters. The predicted octanol–water partition coefficient (Wildman–Crippen LogP) is 2.87. The Balaban J connectivity index is 1.70. The SMILES string of the molecule is Cc1nn(-c2ccccc2)c(Cl)c1/C=N\NC(=O)Cc1cccn1C. The third-order valence-electron chi connectivity index (χ3n) is 3.82. The van der Waals surface area contributed by atoms with E-state index in [1.807, 2.05) is 67.2 Å². The van der Waals surface area contributed by atoms with Gasteiger partial charge in [-0.05, 0) is 31.2 Å². The number of amides is 1. The summed E-state index contributed by atoms with van der Waals surface area (Å²) < 4.78 is 3.54. The van der Waals surface area contributed by atoms with E-state index in [0.29, 0.717) is 10.7 Å². The van der Waals surface area contributed by atoms with Crippen LogP contribution in [0.2, 0.25) is 5.15 Å². The van der Waals surface area contributed by atoms with Crippen LogP contribution in [0.15, 0.2) is 53.8 Å². The summed E-state index contributed by atoms with van der Waals surface area (Å²) in [5.74, 6) is -0.192. The van der Waals surface area contributed by atoms with E-state index >= 15 is 0 Å². The van der Waals surface area contributed by atoms with Gasteiger partial charge >= 0.3 is 0 Å². The number of carbonyl (C=O) groups excluding carboxylic acids is 1. The van der Waals surface area contributed by atoms with Gasteiger partial charge in [-0.1, -0.05) is 29.8 Å². The Labute approximate surface area is 150 Å². The van der Waals surface area contributed by atoms with Gasteiger partial charge in [0.05, 0.1) is 29.6 Å². The Bertz CT molecular complexity index is 911. The molecule has 0 aliphatic carbocycles. The Morgan fingerprint density at radius 3 is 2.72 bits per heavy atom. The third kappa shape index (κ3) is 3.80. The molecule has 1 amide bonds. The van der Waals surface area contributed by atoms with Gasteiger partial charge in [0.1, 0.15) is 5.15 Å². The van der Waals surface area contributed by atoms with Gasteiger partial charge in [-0.25, -0.2) is 10.1 Å². The second-order valence-electron chi connectivity index (χ2n) is 5.62. The van der Waals surface area contributed by atoms with Crippen LogP contribution in [0, 0.1) is 6.92 Å². The molecular formula is C18H18ClN5O. The molecule has 0 spiro atoms. The summed E-state index contributed by atoms with van der Waals surface area (Å²) in [5, 5.41) is 8.89. The Hall–Kier alpha value is -2.86. The standard InChI is InChI=1S/C18H18ClN5O/c1-13-16(18(19)24(22-13)14-7-4-3-5-8-14)12-20-21-17(25)11-15-9-6-10-23(15)2/h3-10,12H,11H2,1-2H3,(H,21,25)/b20-12-. The molecule has 0 fully saturated rings. The van der Waals surface area contributed by atoms with Gasteiger partial charge in [0.15, 0.2) is 0 Å². The van der Waals surface area contributed by atoms with E-state index in [4.69, 9.17) is 11.6 Å². The van der Waals surface area contributed by atoms with Gasteiger partial charge in [0, 0.05) is 18.9 Å². The summed E-state index contributed by atoms with van der Waals surface area (Å²) in [6, 6.07) is 13.4. The largest absolute Gasteiger partial charge is 0.354 e. The van der Waals surface area contributed by atoms with E-state index in [1.54, 1.807) is 4.68 Å².